The van der Waals surface area contributed by atoms with Crippen LogP contribution < -0.4 is 4.90 Å². The number of anilines is 3. The Morgan fingerprint density at radius 3 is 1.73 bits per heavy atom. The molecule has 2 aromatic heterocycles. The molecule has 51 heavy (non-hydrogen) atoms. The largest absolute Gasteiger partial charge is 0.456 e. The molecule has 2 heterocycles. The third-order valence-electron chi connectivity index (χ3n) is 9.91. The molecule has 0 saturated heterocycles. The van der Waals surface area contributed by atoms with Gasteiger partial charge in [-0.05, 0) is 76.3 Å². The SMILES string of the molecule is c1ccc(-c2ccc(N(c3ccc(-c4ccccc4-c4cccc5c4sc4ccccc45)cc3)c3ccc4c(c3)oc3ccccc34)cc2)cc1. The van der Waals surface area contributed by atoms with Crippen LogP contribution in [0.5, 0.6) is 0 Å². The van der Waals surface area contributed by atoms with Crippen LogP contribution >= 0.6 is 11.3 Å². The molecule has 0 bridgehead atoms. The highest BCUT2D eigenvalue weighted by Crippen LogP contribution is 2.44. The molecule has 0 spiro atoms. The molecule has 10 aromatic rings. The summed E-state index contributed by atoms with van der Waals surface area (Å²) in [6.07, 6.45) is 0. The van der Waals surface area contributed by atoms with Gasteiger partial charge in [-0.1, -0.05) is 133 Å². The minimum absolute atomic E-state index is 0.876. The fraction of sp³-hybridized carbons (Fsp3) is 0. The zero-order valence-corrected chi connectivity index (χ0v) is 28.5. The van der Waals surface area contributed by atoms with Crippen molar-refractivity contribution in [3.63, 3.8) is 0 Å². The van der Waals surface area contributed by atoms with Crippen molar-refractivity contribution in [2.75, 3.05) is 4.90 Å². The van der Waals surface area contributed by atoms with E-state index in [4.69, 9.17) is 4.42 Å². The van der Waals surface area contributed by atoms with E-state index >= 15 is 0 Å². The number of nitrogens with zero attached hydrogens (tertiary/aromatic N) is 1. The standard InChI is InChI=1S/C48H31NOS/c1-2-11-32(12-3-1)33-21-25-35(26-22-33)49(37-29-30-41-40-15-6-8-19-45(40)50-46(41)31-37)36-27-23-34(24-28-36)38-13-4-5-14-39(38)43-17-10-18-44-42-16-7-9-20-47(42)51-48(43)44/h1-31H. The van der Waals surface area contributed by atoms with Gasteiger partial charge in [-0.15, -0.1) is 11.3 Å². The Labute approximate surface area is 300 Å². The van der Waals surface area contributed by atoms with Crippen molar-refractivity contribution in [1.82, 2.24) is 0 Å². The molecule has 0 amide bonds. The Morgan fingerprint density at radius 1 is 0.353 bits per heavy atom. The number of fused-ring (bicyclic) bond motifs is 6. The molecule has 10 rings (SSSR count). The maximum Gasteiger partial charge on any atom is 0.137 e. The Bertz CT molecular complexity index is 2850. The van der Waals surface area contributed by atoms with Gasteiger partial charge in [-0.3, -0.25) is 0 Å². The summed E-state index contributed by atoms with van der Waals surface area (Å²) in [5, 5.41) is 4.88. The van der Waals surface area contributed by atoms with Gasteiger partial charge in [0.05, 0.1) is 0 Å². The number of hydrogen-bond donors (Lipinski definition) is 0. The van der Waals surface area contributed by atoms with Crippen LogP contribution in [0.1, 0.15) is 0 Å². The predicted molar refractivity (Wildman–Crippen MR) is 218 cm³/mol. The lowest BCUT2D eigenvalue weighted by Gasteiger charge is -2.26. The molecule has 0 aliphatic rings. The van der Waals surface area contributed by atoms with Gasteiger partial charge in [0.25, 0.3) is 0 Å². The molecule has 8 aromatic carbocycles. The van der Waals surface area contributed by atoms with E-state index in [2.05, 4.69) is 181 Å². The highest BCUT2D eigenvalue weighted by Gasteiger charge is 2.18. The first-order chi connectivity index (χ1) is 25.3. The Kier molecular flexibility index (Phi) is 7.04. The summed E-state index contributed by atoms with van der Waals surface area (Å²) in [5.41, 5.74) is 12.3. The van der Waals surface area contributed by atoms with E-state index in [1.165, 1.54) is 53.6 Å². The van der Waals surface area contributed by atoms with Gasteiger partial charge in [-0.25, -0.2) is 0 Å². The molecular formula is C48H31NOS. The van der Waals surface area contributed by atoms with Crippen molar-refractivity contribution in [3.05, 3.63) is 188 Å². The minimum atomic E-state index is 0.876. The fourth-order valence-corrected chi connectivity index (χ4v) is 8.68. The second-order valence-electron chi connectivity index (χ2n) is 12.9. The monoisotopic (exact) mass is 669 g/mol. The van der Waals surface area contributed by atoms with Crippen molar-refractivity contribution < 1.29 is 4.42 Å². The Hall–Kier alpha value is -6.42. The minimum Gasteiger partial charge on any atom is -0.456 e. The molecule has 240 valence electrons. The first-order valence-corrected chi connectivity index (χ1v) is 18.1. The van der Waals surface area contributed by atoms with Gasteiger partial charge in [0.15, 0.2) is 0 Å². The predicted octanol–water partition coefficient (Wildman–Crippen LogP) is 14.4. The molecule has 3 heteroatoms. The molecule has 0 aliphatic carbocycles. The van der Waals surface area contributed by atoms with Gasteiger partial charge in [-0.2, -0.15) is 0 Å². The third-order valence-corrected chi connectivity index (χ3v) is 11.1. The topological polar surface area (TPSA) is 16.4 Å². The molecule has 0 saturated carbocycles. The van der Waals surface area contributed by atoms with E-state index in [1.54, 1.807) is 0 Å². The van der Waals surface area contributed by atoms with Crippen molar-refractivity contribution in [2.45, 2.75) is 0 Å². The summed E-state index contributed by atoms with van der Waals surface area (Å²) in [4.78, 5) is 2.31. The molecule has 0 atom stereocenters. The molecule has 0 unspecified atom stereocenters. The zero-order chi connectivity index (χ0) is 33.7. The number of rotatable bonds is 6. The van der Waals surface area contributed by atoms with Crippen LogP contribution in [0.25, 0.3) is 75.5 Å². The highest BCUT2D eigenvalue weighted by atomic mass is 32.1. The maximum absolute atomic E-state index is 6.35. The van der Waals surface area contributed by atoms with Crippen LogP contribution in [-0.4, -0.2) is 0 Å². The van der Waals surface area contributed by atoms with E-state index in [-0.39, 0.29) is 0 Å². The molecule has 0 N–H and O–H groups in total. The van der Waals surface area contributed by atoms with Crippen molar-refractivity contribution in [3.8, 4) is 33.4 Å². The smallest absolute Gasteiger partial charge is 0.137 e. The fourth-order valence-electron chi connectivity index (χ4n) is 7.45. The van der Waals surface area contributed by atoms with E-state index < -0.39 is 0 Å². The first-order valence-electron chi connectivity index (χ1n) is 17.3. The van der Waals surface area contributed by atoms with E-state index in [0.717, 1.165) is 39.0 Å². The second kappa shape index (κ2) is 12.2. The quantitative estimate of drug-likeness (QED) is 0.175. The van der Waals surface area contributed by atoms with Crippen molar-refractivity contribution in [2.24, 2.45) is 0 Å². The number of furan rings is 1. The summed E-state index contributed by atoms with van der Waals surface area (Å²) in [6.45, 7) is 0. The van der Waals surface area contributed by atoms with Crippen LogP contribution in [0, 0.1) is 0 Å². The molecule has 2 nitrogen and oxygen atoms in total. The average molecular weight is 670 g/mol. The number of thiophene rings is 1. The summed E-state index contributed by atoms with van der Waals surface area (Å²) >= 11 is 1.88. The normalized spacial score (nSPS) is 11.5. The summed E-state index contributed by atoms with van der Waals surface area (Å²) in [6, 6.07) is 67.3. The maximum atomic E-state index is 6.35. The summed E-state index contributed by atoms with van der Waals surface area (Å²) < 4.78 is 8.99. The Morgan fingerprint density at radius 2 is 0.922 bits per heavy atom. The van der Waals surface area contributed by atoms with Crippen molar-refractivity contribution in [1.29, 1.82) is 0 Å². The lowest BCUT2D eigenvalue weighted by Crippen LogP contribution is -2.09. The van der Waals surface area contributed by atoms with E-state index in [9.17, 15) is 0 Å². The number of hydrogen-bond acceptors (Lipinski definition) is 3. The van der Waals surface area contributed by atoms with E-state index in [1.807, 2.05) is 23.5 Å². The Balaban J connectivity index is 1.08. The van der Waals surface area contributed by atoms with Crippen LogP contribution in [0.15, 0.2) is 192 Å². The van der Waals surface area contributed by atoms with Crippen LogP contribution in [0.2, 0.25) is 0 Å². The molecule has 0 aliphatic heterocycles. The van der Waals surface area contributed by atoms with Gasteiger partial charge >= 0.3 is 0 Å². The molecule has 0 fully saturated rings. The average Bonchev–Trinajstić information content (AvgIpc) is 3.77. The number of para-hydroxylation sites is 1. The first kappa shape index (κ1) is 29.5. The third kappa shape index (κ3) is 5.10. The van der Waals surface area contributed by atoms with Gasteiger partial charge in [0.2, 0.25) is 0 Å². The van der Waals surface area contributed by atoms with Crippen molar-refractivity contribution >= 4 is 70.5 Å². The van der Waals surface area contributed by atoms with Gasteiger partial charge in [0.1, 0.15) is 11.2 Å². The molecule has 0 radical (unpaired) electrons. The van der Waals surface area contributed by atoms with Crippen LogP contribution in [-0.2, 0) is 0 Å². The number of benzene rings is 8. The summed E-state index contributed by atoms with van der Waals surface area (Å²) in [5.74, 6) is 0. The summed E-state index contributed by atoms with van der Waals surface area (Å²) in [7, 11) is 0. The lowest BCUT2D eigenvalue weighted by atomic mass is 9.93. The van der Waals surface area contributed by atoms with Crippen LogP contribution in [0.4, 0.5) is 17.1 Å². The van der Waals surface area contributed by atoms with Gasteiger partial charge in [0, 0.05) is 59.6 Å². The second-order valence-corrected chi connectivity index (χ2v) is 14.0. The highest BCUT2D eigenvalue weighted by molar-refractivity contribution is 7.26. The lowest BCUT2D eigenvalue weighted by molar-refractivity contribution is 0.669. The van der Waals surface area contributed by atoms with Crippen LogP contribution in [0.3, 0.4) is 0 Å². The zero-order valence-electron chi connectivity index (χ0n) is 27.7. The van der Waals surface area contributed by atoms with E-state index in [0.29, 0.717) is 0 Å². The van der Waals surface area contributed by atoms with Gasteiger partial charge < -0.3 is 9.32 Å². The molecular weight excluding hydrogens is 639 g/mol.